The average Bonchev–Trinajstić information content (AvgIpc) is 2.53. The Morgan fingerprint density at radius 1 is 1.25 bits per heavy atom. The molecule has 2 rings (SSSR count). The second-order valence-electron chi connectivity index (χ2n) is 5.74. The minimum Gasteiger partial charge on any atom is -0.381 e. The molecule has 1 fully saturated rings. The summed E-state index contributed by atoms with van der Waals surface area (Å²) in [5.41, 5.74) is -5.40. The first kappa shape index (κ1) is 19.2. The van der Waals surface area contributed by atoms with Crippen molar-refractivity contribution in [3.63, 3.8) is 0 Å². The number of benzene rings is 1. The number of hydrogen-bond donors (Lipinski definition) is 1. The van der Waals surface area contributed by atoms with E-state index in [1.165, 1.54) is 18.2 Å². The van der Waals surface area contributed by atoms with Gasteiger partial charge < -0.3 is 5.32 Å². The number of rotatable bonds is 5. The standard InChI is InChI=1S/C15H20F3NO3S2/c1-2-23(20)12-7-5-6-11(10-12)19-13-8-3-4-9-14(13)24(21,22)15(16,17)18/h3-4,8-9,11-12,19H,2,5-7,10H2,1H3. The van der Waals surface area contributed by atoms with E-state index < -0.39 is 31.0 Å². The van der Waals surface area contributed by atoms with E-state index in [9.17, 15) is 25.8 Å². The highest BCUT2D eigenvalue weighted by atomic mass is 32.2. The van der Waals surface area contributed by atoms with E-state index in [0.29, 0.717) is 18.6 Å². The van der Waals surface area contributed by atoms with Gasteiger partial charge in [0.25, 0.3) is 9.84 Å². The maximum atomic E-state index is 12.8. The SMILES string of the molecule is CCS(=O)C1CCCC(Nc2ccccc2S(=O)(=O)C(F)(F)F)C1. The smallest absolute Gasteiger partial charge is 0.381 e. The van der Waals surface area contributed by atoms with Crippen LogP contribution in [0.25, 0.3) is 0 Å². The highest BCUT2D eigenvalue weighted by Crippen LogP contribution is 2.35. The quantitative estimate of drug-likeness (QED) is 0.846. The molecular formula is C15H20F3NO3S2. The molecule has 0 saturated heterocycles. The number of nitrogens with one attached hydrogen (secondary N) is 1. The Morgan fingerprint density at radius 2 is 1.92 bits per heavy atom. The van der Waals surface area contributed by atoms with Crippen molar-refractivity contribution in [1.82, 2.24) is 0 Å². The van der Waals surface area contributed by atoms with E-state index in [-0.39, 0.29) is 17.0 Å². The summed E-state index contributed by atoms with van der Waals surface area (Å²) >= 11 is 0. The summed E-state index contributed by atoms with van der Waals surface area (Å²) in [5.74, 6) is 0.538. The van der Waals surface area contributed by atoms with Gasteiger partial charge in [0.2, 0.25) is 0 Å². The zero-order valence-electron chi connectivity index (χ0n) is 13.2. The zero-order valence-corrected chi connectivity index (χ0v) is 14.8. The van der Waals surface area contributed by atoms with Crippen molar-refractivity contribution in [1.29, 1.82) is 0 Å². The van der Waals surface area contributed by atoms with E-state index in [2.05, 4.69) is 5.32 Å². The Balaban J connectivity index is 2.24. The van der Waals surface area contributed by atoms with Gasteiger partial charge in [0.05, 0.1) is 10.6 Å². The van der Waals surface area contributed by atoms with Crippen LogP contribution < -0.4 is 5.32 Å². The maximum absolute atomic E-state index is 12.8. The van der Waals surface area contributed by atoms with E-state index in [0.717, 1.165) is 18.9 Å². The predicted octanol–water partition coefficient (Wildman–Crippen LogP) is 3.47. The molecule has 1 saturated carbocycles. The van der Waals surface area contributed by atoms with E-state index in [1.807, 2.05) is 6.92 Å². The molecule has 0 aromatic heterocycles. The number of halogens is 3. The minimum absolute atomic E-state index is 0.00682. The molecular weight excluding hydrogens is 363 g/mol. The first-order valence-corrected chi connectivity index (χ1v) is 10.6. The highest BCUT2D eigenvalue weighted by Gasteiger charge is 2.48. The fourth-order valence-corrected chi connectivity index (χ4v) is 5.19. The van der Waals surface area contributed by atoms with Crippen molar-refractivity contribution >= 4 is 26.3 Å². The van der Waals surface area contributed by atoms with Gasteiger partial charge in [-0.15, -0.1) is 0 Å². The first-order valence-electron chi connectivity index (χ1n) is 7.71. The third kappa shape index (κ3) is 4.11. The third-order valence-corrected chi connectivity index (χ3v) is 7.41. The molecule has 1 aliphatic rings. The highest BCUT2D eigenvalue weighted by molar-refractivity contribution is 7.92. The van der Waals surface area contributed by atoms with Crippen LogP contribution in [0.5, 0.6) is 0 Å². The Hall–Kier alpha value is -1.09. The summed E-state index contributed by atoms with van der Waals surface area (Å²) in [5, 5.41) is 2.92. The molecule has 0 spiro atoms. The lowest BCUT2D eigenvalue weighted by atomic mass is 9.95. The molecule has 0 radical (unpaired) electrons. The second-order valence-corrected chi connectivity index (χ2v) is 9.66. The molecule has 1 aromatic carbocycles. The van der Waals surface area contributed by atoms with E-state index >= 15 is 0 Å². The number of alkyl halides is 3. The molecule has 1 aliphatic carbocycles. The monoisotopic (exact) mass is 383 g/mol. The fraction of sp³-hybridized carbons (Fsp3) is 0.600. The molecule has 1 aromatic rings. The summed E-state index contributed by atoms with van der Waals surface area (Å²) in [4.78, 5) is -0.767. The topological polar surface area (TPSA) is 63.2 Å². The molecule has 9 heteroatoms. The molecule has 4 nitrogen and oxygen atoms in total. The maximum Gasteiger partial charge on any atom is 0.501 e. The van der Waals surface area contributed by atoms with Crippen molar-refractivity contribution in [3.05, 3.63) is 24.3 Å². The van der Waals surface area contributed by atoms with E-state index in [1.54, 1.807) is 0 Å². The lowest BCUT2D eigenvalue weighted by Gasteiger charge is -2.30. The third-order valence-electron chi connectivity index (χ3n) is 4.12. The summed E-state index contributed by atoms with van der Waals surface area (Å²) in [6.45, 7) is 1.83. The average molecular weight is 383 g/mol. The Kier molecular flexibility index (Phi) is 5.95. The second kappa shape index (κ2) is 7.43. The zero-order chi connectivity index (χ0) is 18.0. The van der Waals surface area contributed by atoms with Gasteiger partial charge in [-0.2, -0.15) is 13.2 Å². The van der Waals surface area contributed by atoms with Crippen LogP contribution in [0.1, 0.15) is 32.6 Å². The van der Waals surface area contributed by atoms with Gasteiger partial charge in [-0.1, -0.05) is 25.5 Å². The number of sulfone groups is 1. The van der Waals surface area contributed by atoms with Gasteiger partial charge in [-0.05, 0) is 31.4 Å². The molecule has 24 heavy (non-hydrogen) atoms. The van der Waals surface area contributed by atoms with Crippen molar-refractivity contribution in [2.45, 2.75) is 54.3 Å². The fourth-order valence-electron chi connectivity index (χ4n) is 2.92. The molecule has 1 N–H and O–H groups in total. The normalized spacial score (nSPS) is 23.7. The van der Waals surface area contributed by atoms with Crippen LogP contribution >= 0.6 is 0 Å². The number of para-hydroxylation sites is 1. The van der Waals surface area contributed by atoms with Gasteiger partial charge in [-0.3, -0.25) is 4.21 Å². The summed E-state index contributed by atoms with van der Waals surface area (Å²) in [6.07, 6.45) is 2.89. The molecule has 3 atom stereocenters. The summed E-state index contributed by atoms with van der Waals surface area (Å²) in [6, 6.07) is 4.85. The first-order chi connectivity index (χ1) is 11.2. The van der Waals surface area contributed by atoms with Crippen LogP contribution in [0, 0.1) is 0 Å². The lowest BCUT2D eigenvalue weighted by Crippen LogP contribution is -2.33. The van der Waals surface area contributed by atoms with Crippen LogP contribution in [0.3, 0.4) is 0 Å². The van der Waals surface area contributed by atoms with Crippen LogP contribution in [0.15, 0.2) is 29.2 Å². The van der Waals surface area contributed by atoms with Crippen LogP contribution in [0.4, 0.5) is 18.9 Å². The Morgan fingerprint density at radius 3 is 2.54 bits per heavy atom. The molecule has 0 aliphatic heterocycles. The number of anilines is 1. The van der Waals surface area contributed by atoms with Crippen molar-refractivity contribution in [3.8, 4) is 0 Å². The van der Waals surface area contributed by atoms with Gasteiger partial charge in [0.1, 0.15) is 0 Å². The lowest BCUT2D eigenvalue weighted by molar-refractivity contribution is -0.0435. The van der Waals surface area contributed by atoms with Gasteiger partial charge in [0.15, 0.2) is 0 Å². The largest absolute Gasteiger partial charge is 0.501 e. The predicted molar refractivity (Wildman–Crippen MR) is 88.0 cm³/mol. The van der Waals surface area contributed by atoms with Crippen LogP contribution in [0.2, 0.25) is 0 Å². The van der Waals surface area contributed by atoms with E-state index in [4.69, 9.17) is 0 Å². The number of hydrogen-bond acceptors (Lipinski definition) is 4. The molecule has 3 unspecified atom stereocenters. The van der Waals surface area contributed by atoms with Crippen molar-refractivity contribution in [2.75, 3.05) is 11.1 Å². The minimum atomic E-state index is -5.41. The van der Waals surface area contributed by atoms with Crippen LogP contribution in [-0.2, 0) is 20.6 Å². The van der Waals surface area contributed by atoms with Gasteiger partial charge in [-0.25, -0.2) is 8.42 Å². The van der Waals surface area contributed by atoms with Gasteiger partial charge >= 0.3 is 5.51 Å². The van der Waals surface area contributed by atoms with Crippen molar-refractivity contribution in [2.24, 2.45) is 0 Å². The molecule has 0 bridgehead atoms. The Bertz CT molecular complexity index is 704. The van der Waals surface area contributed by atoms with Crippen LogP contribution in [-0.4, -0.2) is 35.2 Å². The van der Waals surface area contributed by atoms with Gasteiger partial charge in [0, 0.05) is 27.8 Å². The summed E-state index contributed by atoms with van der Waals surface area (Å²) < 4.78 is 73.9. The Labute approximate surface area is 142 Å². The molecule has 136 valence electrons. The molecule has 0 amide bonds. The van der Waals surface area contributed by atoms with Crippen molar-refractivity contribution < 1.29 is 25.8 Å². The summed E-state index contributed by atoms with van der Waals surface area (Å²) in [7, 11) is -6.38. The molecule has 0 heterocycles.